The lowest BCUT2D eigenvalue weighted by Gasteiger charge is -2.35. The molecule has 4 rings (SSSR count). The molecule has 1 aromatic heterocycles. The van der Waals surface area contributed by atoms with Gasteiger partial charge in [0.05, 0.1) is 12.6 Å². The molecule has 0 bridgehead atoms. The number of fused-ring (bicyclic) bond motifs is 1. The lowest BCUT2D eigenvalue weighted by Crippen LogP contribution is -2.40. The number of carbonyl (C=O) groups excluding carboxylic acids is 2. The molecule has 1 N–H and O–H groups in total. The van der Waals surface area contributed by atoms with Gasteiger partial charge in [-0.05, 0) is 51.4 Å². The normalized spacial score (nSPS) is 22.1. The minimum absolute atomic E-state index is 0.0452. The molecule has 2 amide bonds. The Morgan fingerprint density at radius 1 is 1.03 bits per heavy atom. The fourth-order valence-corrected chi connectivity index (χ4v) is 5.35. The second-order valence-corrected chi connectivity index (χ2v) is 9.18. The van der Waals surface area contributed by atoms with Crippen molar-refractivity contribution in [3.8, 4) is 0 Å². The Labute approximate surface area is 179 Å². The van der Waals surface area contributed by atoms with Crippen LogP contribution in [-0.4, -0.2) is 52.9 Å². The number of likely N-dealkylation sites (tertiary alicyclic amines) is 1. The summed E-state index contributed by atoms with van der Waals surface area (Å²) in [6, 6.07) is -0.0892. The molecule has 164 valence electrons. The molecule has 30 heavy (non-hydrogen) atoms. The third-order valence-corrected chi connectivity index (χ3v) is 6.93. The van der Waals surface area contributed by atoms with Gasteiger partial charge in [0.25, 0.3) is 0 Å². The maximum atomic E-state index is 12.7. The highest BCUT2D eigenvalue weighted by molar-refractivity contribution is 5.84. The van der Waals surface area contributed by atoms with E-state index >= 15 is 0 Å². The van der Waals surface area contributed by atoms with Crippen LogP contribution in [0.1, 0.15) is 81.4 Å². The van der Waals surface area contributed by atoms with E-state index in [9.17, 15) is 9.59 Å². The van der Waals surface area contributed by atoms with Crippen LogP contribution < -0.4 is 10.2 Å². The third kappa shape index (κ3) is 4.60. The standard InChI is InChI=1S/C23H35N5O2/c1-16-19-10-6-12-27(15-18-8-4-3-5-9-18)23(19)26-22(25-16)20-11-7-13-28(20)21(30)14-24-17(2)29/h18,20H,3-15H2,1-2H3,(H,24,29)/t20-/m1/s1. The summed E-state index contributed by atoms with van der Waals surface area (Å²) in [6.07, 6.45) is 10.8. The summed E-state index contributed by atoms with van der Waals surface area (Å²) in [7, 11) is 0. The molecule has 7 heteroatoms. The fraction of sp³-hybridized carbons (Fsp3) is 0.739. The molecular formula is C23H35N5O2. The minimum Gasteiger partial charge on any atom is -0.356 e. The molecule has 1 aliphatic carbocycles. The average molecular weight is 414 g/mol. The largest absolute Gasteiger partial charge is 0.356 e. The van der Waals surface area contributed by atoms with Crippen LogP contribution in [0.3, 0.4) is 0 Å². The predicted octanol–water partition coefficient (Wildman–Crippen LogP) is 2.92. The number of rotatable bonds is 5. The molecule has 0 spiro atoms. The molecule has 7 nitrogen and oxygen atoms in total. The van der Waals surface area contributed by atoms with E-state index in [1.165, 1.54) is 44.6 Å². The Kier molecular flexibility index (Phi) is 6.54. The first-order valence-corrected chi connectivity index (χ1v) is 11.7. The first-order chi connectivity index (χ1) is 14.5. The highest BCUT2D eigenvalue weighted by Crippen LogP contribution is 2.35. The van der Waals surface area contributed by atoms with E-state index in [-0.39, 0.29) is 24.4 Å². The lowest BCUT2D eigenvalue weighted by atomic mass is 9.88. The molecule has 1 saturated heterocycles. The van der Waals surface area contributed by atoms with Crippen molar-refractivity contribution in [2.24, 2.45) is 5.92 Å². The quantitative estimate of drug-likeness (QED) is 0.803. The van der Waals surface area contributed by atoms with Crippen LogP contribution in [0.4, 0.5) is 5.82 Å². The topological polar surface area (TPSA) is 78.4 Å². The highest BCUT2D eigenvalue weighted by atomic mass is 16.2. The number of amides is 2. The van der Waals surface area contributed by atoms with Crippen LogP contribution in [0.15, 0.2) is 0 Å². The number of nitrogens with zero attached hydrogens (tertiary/aromatic N) is 4. The maximum Gasteiger partial charge on any atom is 0.242 e. The van der Waals surface area contributed by atoms with Crippen molar-refractivity contribution in [2.45, 2.75) is 77.7 Å². The molecule has 1 aromatic rings. The van der Waals surface area contributed by atoms with E-state index in [4.69, 9.17) is 9.97 Å². The fourth-order valence-electron chi connectivity index (χ4n) is 5.35. The molecule has 2 fully saturated rings. The van der Waals surface area contributed by atoms with Gasteiger partial charge >= 0.3 is 0 Å². The smallest absolute Gasteiger partial charge is 0.242 e. The summed E-state index contributed by atoms with van der Waals surface area (Å²) < 4.78 is 0. The first kappa shape index (κ1) is 21.1. The number of hydrogen-bond donors (Lipinski definition) is 1. The monoisotopic (exact) mass is 413 g/mol. The summed E-state index contributed by atoms with van der Waals surface area (Å²) in [4.78, 5) is 38.2. The zero-order valence-corrected chi connectivity index (χ0v) is 18.5. The number of hydrogen-bond acceptors (Lipinski definition) is 5. The van der Waals surface area contributed by atoms with Crippen molar-refractivity contribution in [3.05, 3.63) is 17.1 Å². The summed E-state index contributed by atoms with van der Waals surface area (Å²) in [5.41, 5.74) is 2.35. The Balaban J connectivity index is 1.55. The van der Waals surface area contributed by atoms with Crippen molar-refractivity contribution < 1.29 is 9.59 Å². The van der Waals surface area contributed by atoms with Gasteiger partial charge in [-0.1, -0.05) is 19.3 Å². The van der Waals surface area contributed by atoms with Crippen molar-refractivity contribution in [3.63, 3.8) is 0 Å². The van der Waals surface area contributed by atoms with Crippen molar-refractivity contribution in [2.75, 3.05) is 31.1 Å². The zero-order valence-electron chi connectivity index (χ0n) is 18.5. The van der Waals surface area contributed by atoms with Gasteiger partial charge in [-0.2, -0.15) is 0 Å². The second kappa shape index (κ2) is 9.31. The molecule has 0 unspecified atom stereocenters. The summed E-state index contributed by atoms with van der Waals surface area (Å²) in [5.74, 6) is 2.42. The minimum atomic E-state index is -0.182. The summed E-state index contributed by atoms with van der Waals surface area (Å²) in [5, 5.41) is 2.63. The average Bonchev–Trinajstić information content (AvgIpc) is 3.23. The summed E-state index contributed by atoms with van der Waals surface area (Å²) in [6.45, 7) is 6.43. The van der Waals surface area contributed by atoms with Gasteiger partial charge in [0.2, 0.25) is 11.8 Å². The van der Waals surface area contributed by atoms with E-state index in [0.717, 1.165) is 62.0 Å². The Morgan fingerprint density at radius 2 is 1.83 bits per heavy atom. The highest BCUT2D eigenvalue weighted by Gasteiger charge is 2.34. The van der Waals surface area contributed by atoms with E-state index in [0.29, 0.717) is 6.54 Å². The molecule has 1 saturated carbocycles. The van der Waals surface area contributed by atoms with Crippen LogP contribution in [-0.2, 0) is 16.0 Å². The molecule has 0 radical (unpaired) electrons. The Bertz CT molecular complexity index is 790. The molecule has 3 heterocycles. The SMILES string of the molecule is CC(=O)NCC(=O)N1CCC[C@@H]1c1nc(C)c2c(n1)N(CC1CCCCC1)CCC2. The third-order valence-electron chi connectivity index (χ3n) is 6.93. The molecule has 3 aliphatic rings. The van der Waals surface area contributed by atoms with Crippen LogP contribution in [0, 0.1) is 12.8 Å². The van der Waals surface area contributed by atoms with E-state index < -0.39 is 0 Å². The second-order valence-electron chi connectivity index (χ2n) is 9.18. The Hall–Kier alpha value is -2.18. The van der Waals surface area contributed by atoms with Crippen LogP contribution >= 0.6 is 0 Å². The van der Waals surface area contributed by atoms with Crippen LogP contribution in [0.5, 0.6) is 0 Å². The molecule has 0 aromatic carbocycles. The Morgan fingerprint density at radius 3 is 2.60 bits per heavy atom. The van der Waals surface area contributed by atoms with E-state index in [2.05, 4.69) is 17.1 Å². The predicted molar refractivity (Wildman–Crippen MR) is 116 cm³/mol. The molecule has 1 atom stereocenters. The summed E-state index contributed by atoms with van der Waals surface area (Å²) >= 11 is 0. The number of nitrogens with one attached hydrogen (secondary N) is 1. The van der Waals surface area contributed by atoms with Gasteiger partial charge in [-0.25, -0.2) is 9.97 Å². The van der Waals surface area contributed by atoms with Crippen LogP contribution in [0.25, 0.3) is 0 Å². The van der Waals surface area contributed by atoms with Gasteiger partial charge in [0.15, 0.2) is 5.82 Å². The van der Waals surface area contributed by atoms with Gasteiger partial charge in [-0.3, -0.25) is 9.59 Å². The number of carbonyl (C=O) groups is 2. The zero-order chi connectivity index (χ0) is 21.1. The van der Waals surface area contributed by atoms with Gasteiger partial charge in [-0.15, -0.1) is 0 Å². The lowest BCUT2D eigenvalue weighted by molar-refractivity contribution is -0.133. The van der Waals surface area contributed by atoms with E-state index in [1.54, 1.807) is 0 Å². The first-order valence-electron chi connectivity index (χ1n) is 11.7. The van der Waals surface area contributed by atoms with Gasteiger partial charge in [0.1, 0.15) is 5.82 Å². The van der Waals surface area contributed by atoms with E-state index in [1.807, 2.05) is 4.90 Å². The maximum absolute atomic E-state index is 12.7. The van der Waals surface area contributed by atoms with Crippen molar-refractivity contribution in [1.82, 2.24) is 20.2 Å². The van der Waals surface area contributed by atoms with Crippen LogP contribution in [0.2, 0.25) is 0 Å². The molecule has 2 aliphatic heterocycles. The van der Waals surface area contributed by atoms with Gasteiger partial charge in [0, 0.05) is 37.8 Å². The van der Waals surface area contributed by atoms with Crippen molar-refractivity contribution in [1.29, 1.82) is 0 Å². The molecular weight excluding hydrogens is 378 g/mol. The van der Waals surface area contributed by atoms with Crippen molar-refractivity contribution >= 4 is 17.6 Å². The van der Waals surface area contributed by atoms with Gasteiger partial charge < -0.3 is 15.1 Å². The number of anilines is 1. The number of aromatic nitrogens is 2. The number of aryl methyl sites for hydroxylation is 1.